The van der Waals surface area contributed by atoms with Gasteiger partial charge in [0.05, 0.1) is 0 Å². The molecule has 0 unspecified atom stereocenters. The second-order valence-corrected chi connectivity index (χ2v) is 8.49. The van der Waals surface area contributed by atoms with Gasteiger partial charge in [-0.15, -0.1) is 0 Å². The maximum atomic E-state index is 2.35. The highest BCUT2D eigenvalue weighted by Crippen LogP contribution is 2.37. The minimum absolute atomic E-state index is 0.148. The van der Waals surface area contributed by atoms with E-state index < -0.39 is 0 Å². The van der Waals surface area contributed by atoms with Crippen LogP contribution in [0.1, 0.15) is 68.6 Å². The van der Waals surface area contributed by atoms with E-state index in [4.69, 9.17) is 0 Å². The van der Waals surface area contributed by atoms with Crippen LogP contribution in [-0.4, -0.2) is 0 Å². The normalized spacial score (nSPS) is 11.5. The zero-order valence-electron chi connectivity index (χ0n) is 18.0. The molecule has 0 fully saturated rings. The molecule has 0 spiro atoms. The highest BCUT2D eigenvalue weighted by Gasteiger charge is 2.32. The standard InChI is InChI=1S/C29H36/c1-2-3-4-5-6-16-23-29(28-21-14-9-15-22-28,24-26-17-10-7-11-18-26)25-27-19-12-8-13-20-27/h7-15,17-22H,2-6,16,23-25H2,1H3. The maximum Gasteiger partial charge on any atom is 0.00336 e. The van der Waals surface area contributed by atoms with Gasteiger partial charge in [0.25, 0.3) is 0 Å². The highest BCUT2D eigenvalue weighted by molar-refractivity contribution is 5.33. The van der Waals surface area contributed by atoms with E-state index in [1.54, 1.807) is 0 Å². The van der Waals surface area contributed by atoms with E-state index in [0.29, 0.717) is 0 Å². The summed E-state index contributed by atoms with van der Waals surface area (Å²) in [7, 11) is 0. The molecule has 0 saturated heterocycles. The summed E-state index contributed by atoms with van der Waals surface area (Å²) in [6.07, 6.45) is 11.5. The van der Waals surface area contributed by atoms with Gasteiger partial charge in [-0.1, -0.05) is 136 Å². The largest absolute Gasteiger partial charge is 0.0654 e. The third-order valence-electron chi connectivity index (χ3n) is 6.17. The minimum atomic E-state index is 0.148. The Kier molecular flexibility index (Phi) is 8.56. The molecular weight excluding hydrogens is 348 g/mol. The van der Waals surface area contributed by atoms with Gasteiger partial charge in [0, 0.05) is 5.41 Å². The fourth-order valence-corrected chi connectivity index (χ4v) is 4.60. The molecule has 0 aliphatic rings. The van der Waals surface area contributed by atoms with Crippen LogP contribution in [0.25, 0.3) is 0 Å². The molecule has 0 heteroatoms. The van der Waals surface area contributed by atoms with Gasteiger partial charge in [-0.3, -0.25) is 0 Å². The molecular formula is C29H36. The van der Waals surface area contributed by atoms with Crippen molar-refractivity contribution in [3.05, 3.63) is 108 Å². The minimum Gasteiger partial charge on any atom is -0.0654 e. The number of rotatable bonds is 12. The smallest absolute Gasteiger partial charge is 0.00336 e. The predicted molar refractivity (Wildman–Crippen MR) is 126 cm³/mol. The van der Waals surface area contributed by atoms with Gasteiger partial charge in [0.15, 0.2) is 0 Å². The second kappa shape index (κ2) is 11.6. The lowest BCUT2D eigenvalue weighted by atomic mass is 9.68. The van der Waals surface area contributed by atoms with E-state index in [-0.39, 0.29) is 5.41 Å². The lowest BCUT2D eigenvalue weighted by Gasteiger charge is -2.35. The molecule has 0 radical (unpaired) electrons. The van der Waals surface area contributed by atoms with Gasteiger partial charge < -0.3 is 0 Å². The molecule has 0 nitrogen and oxygen atoms in total. The van der Waals surface area contributed by atoms with Crippen LogP contribution in [0, 0.1) is 0 Å². The Bertz CT molecular complexity index is 748. The summed E-state index contributed by atoms with van der Waals surface area (Å²) in [5.41, 5.74) is 4.52. The molecule has 0 heterocycles. The maximum absolute atomic E-state index is 2.35. The molecule has 0 aliphatic heterocycles. The zero-order chi connectivity index (χ0) is 20.2. The molecule has 29 heavy (non-hydrogen) atoms. The van der Waals surface area contributed by atoms with Crippen LogP contribution in [0.4, 0.5) is 0 Å². The summed E-state index contributed by atoms with van der Waals surface area (Å²) in [5, 5.41) is 0. The first kappa shape index (κ1) is 21.4. The lowest BCUT2D eigenvalue weighted by Crippen LogP contribution is -2.32. The quantitative estimate of drug-likeness (QED) is 0.276. The Labute approximate surface area is 178 Å². The summed E-state index contributed by atoms with van der Waals surface area (Å²) in [6.45, 7) is 2.29. The average molecular weight is 385 g/mol. The van der Waals surface area contributed by atoms with Crippen molar-refractivity contribution >= 4 is 0 Å². The zero-order valence-corrected chi connectivity index (χ0v) is 18.0. The van der Waals surface area contributed by atoms with Crippen molar-refractivity contribution in [1.82, 2.24) is 0 Å². The van der Waals surface area contributed by atoms with E-state index in [1.165, 1.54) is 61.6 Å². The SMILES string of the molecule is CCCCCCCCC(Cc1ccccc1)(Cc1ccccc1)c1ccccc1. The first-order chi connectivity index (χ1) is 14.3. The Hall–Kier alpha value is -2.34. The summed E-state index contributed by atoms with van der Waals surface area (Å²) in [6, 6.07) is 33.4. The third kappa shape index (κ3) is 6.60. The molecule has 0 aromatic heterocycles. The van der Waals surface area contributed by atoms with E-state index in [9.17, 15) is 0 Å². The second-order valence-electron chi connectivity index (χ2n) is 8.49. The number of hydrogen-bond acceptors (Lipinski definition) is 0. The van der Waals surface area contributed by atoms with Crippen molar-refractivity contribution in [2.24, 2.45) is 0 Å². The first-order valence-electron chi connectivity index (χ1n) is 11.5. The van der Waals surface area contributed by atoms with Gasteiger partial charge in [0.1, 0.15) is 0 Å². The van der Waals surface area contributed by atoms with Crippen molar-refractivity contribution in [2.45, 2.75) is 70.1 Å². The van der Waals surface area contributed by atoms with Crippen LogP contribution in [-0.2, 0) is 18.3 Å². The summed E-state index contributed by atoms with van der Waals surface area (Å²) >= 11 is 0. The van der Waals surface area contributed by atoms with Gasteiger partial charge >= 0.3 is 0 Å². The van der Waals surface area contributed by atoms with Gasteiger partial charge in [-0.05, 0) is 36.0 Å². The lowest BCUT2D eigenvalue weighted by molar-refractivity contribution is 0.366. The molecule has 0 amide bonds. The third-order valence-corrected chi connectivity index (χ3v) is 6.17. The van der Waals surface area contributed by atoms with Crippen LogP contribution in [0.15, 0.2) is 91.0 Å². The molecule has 0 bridgehead atoms. The van der Waals surface area contributed by atoms with Crippen LogP contribution >= 0.6 is 0 Å². The Balaban J connectivity index is 1.87. The first-order valence-corrected chi connectivity index (χ1v) is 11.5. The molecule has 0 saturated carbocycles. The number of benzene rings is 3. The van der Waals surface area contributed by atoms with Crippen LogP contribution in [0.2, 0.25) is 0 Å². The van der Waals surface area contributed by atoms with Crippen molar-refractivity contribution in [1.29, 1.82) is 0 Å². The van der Waals surface area contributed by atoms with Crippen LogP contribution in [0.3, 0.4) is 0 Å². The molecule has 0 aliphatic carbocycles. The van der Waals surface area contributed by atoms with Gasteiger partial charge in [-0.25, -0.2) is 0 Å². The van der Waals surface area contributed by atoms with Crippen molar-refractivity contribution in [3.63, 3.8) is 0 Å². The highest BCUT2D eigenvalue weighted by atomic mass is 14.4. The Morgan fingerprint density at radius 1 is 0.517 bits per heavy atom. The molecule has 0 atom stereocenters. The van der Waals surface area contributed by atoms with E-state index in [1.807, 2.05) is 0 Å². The van der Waals surface area contributed by atoms with Crippen LogP contribution in [0.5, 0.6) is 0 Å². The molecule has 152 valence electrons. The summed E-state index contributed by atoms with van der Waals surface area (Å²) in [4.78, 5) is 0. The fraction of sp³-hybridized carbons (Fsp3) is 0.379. The summed E-state index contributed by atoms with van der Waals surface area (Å²) in [5.74, 6) is 0. The fourth-order valence-electron chi connectivity index (χ4n) is 4.60. The Morgan fingerprint density at radius 2 is 0.966 bits per heavy atom. The molecule has 3 aromatic rings. The Morgan fingerprint density at radius 3 is 1.48 bits per heavy atom. The van der Waals surface area contributed by atoms with Gasteiger partial charge in [0.2, 0.25) is 0 Å². The van der Waals surface area contributed by atoms with E-state index in [2.05, 4.69) is 97.9 Å². The van der Waals surface area contributed by atoms with E-state index >= 15 is 0 Å². The predicted octanol–water partition coefficient (Wildman–Crippen LogP) is 8.16. The van der Waals surface area contributed by atoms with Gasteiger partial charge in [-0.2, -0.15) is 0 Å². The molecule has 3 aromatic carbocycles. The van der Waals surface area contributed by atoms with Crippen molar-refractivity contribution < 1.29 is 0 Å². The number of hydrogen-bond donors (Lipinski definition) is 0. The summed E-state index contributed by atoms with van der Waals surface area (Å²) < 4.78 is 0. The average Bonchev–Trinajstić information content (AvgIpc) is 2.78. The van der Waals surface area contributed by atoms with Crippen molar-refractivity contribution in [2.75, 3.05) is 0 Å². The van der Waals surface area contributed by atoms with Crippen molar-refractivity contribution in [3.8, 4) is 0 Å². The molecule has 3 rings (SSSR count). The van der Waals surface area contributed by atoms with Crippen LogP contribution < -0.4 is 0 Å². The molecule has 0 N–H and O–H groups in total. The number of unbranched alkanes of at least 4 members (excludes halogenated alkanes) is 5. The topological polar surface area (TPSA) is 0 Å². The van der Waals surface area contributed by atoms with E-state index in [0.717, 1.165) is 12.8 Å². The monoisotopic (exact) mass is 384 g/mol.